The minimum atomic E-state index is -0.274. The zero-order chi connectivity index (χ0) is 17.1. The molecule has 0 saturated carbocycles. The zero-order valence-electron chi connectivity index (χ0n) is 13.5. The minimum Gasteiger partial charge on any atom is -0.493 e. The molecule has 0 fully saturated rings. The van der Waals surface area contributed by atoms with Crippen molar-refractivity contribution in [3.63, 3.8) is 0 Å². The second-order valence-corrected chi connectivity index (χ2v) is 5.76. The molecule has 0 radical (unpaired) electrons. The van der Waals surface area contributed by atoms with Gasteiger partial charge in [-0.05, 0) is 12.1 Å². The zero-order valence-corrected chi connectivity index (χ0v) is 14.3. The Bertz CT molecular complexity index is 843. The molecule has 2 heterocycles. The first kappa shape index (κ1) is 16.1. The molecule has 0 saturated heterocycles. The lowest BCUT2D eigenvalue weighted by atomic mass is 10.1. The van der Waals surface area contributed by atoms with Gasteiger partial charge in [-0.2, -0.15) is 0 Å². The fourth-order valence-electron chi connectivity index (χ4n) is 2.41. The van der Waals surface area contributed by atoms with Crippen molar-refractivity contribution in [1.29, 1.82) is 0 Å². The average molecular weight is 347 g/mol. The Morgan fingerprint density at radius 2 is 2.00 bits per heavy atom. The van der Waals surface area contributed by atoms with E-state index in [1.54, 1.807) is 23.5 Å². The molecule has 1 amide bonds. The lowest BCUT2D eigenvalue weighted by Gasteiger charge is -2.15. The summed E-state index contributed by atoms with van der Waals surface area (Å²) in [6.45, 7) is 0.324. The molecule has 3 aromatic rings. The van der Waals surface area contributed by atoms with Gasteiger partial charge >= 0.3 is 0 Å². The molecule has 1 aromatic carbocycles. The third-order valence-corrected chi connectivity index (χ3v) is 4.29. The van der Waals surface area contributed by atoms with E-state index in [9.17, 15) is 4.79 Å². The summed E-state index contributed by atoms with van der Waals surface area (Å²) in [6, 6.07) is 3.31. The Morgan fingerprint density at radius 1 is 1.21 bits per heavy atom. The maximum absolute atomic E-state index is 12.5. The highest BCUT2D eigenvalue weighted by atomic mass is 32.1. The van der Waals surface area contributed by atoms with Crippen LogP contribution in [-0.4, -0.2) is 36.6 Å². The first-order chi connectivity index (χ1) is 11.7. The number of hydrogen-bond donors (Lipinski definition) is 1. The van der Waals surface area contributed by atoms with Crippen LogP contribution in [0.25, 0.3) is 4.96 Å². The number of fused-ring (bicyclic) bond motifs is 1. The van der Waals surface area contributed by atoms with Crippen LogP contribution in [0.3, 0.4) is 0 Å². The lowest BCUT2D eigenvalue weighted by Crippen LogP contribution is -2.23. The topological polar surface area (TPSA) is 74.1 Å². The molecule has 0 aliphatic rings. The Labute approximate surface area is 142 Å². The standard InChI is InChI=1S/C16H17N3O4S/c1-21-12-5-4-11(13(22-2)14(12)23-3)15(20)17-8-10-9-19-6-7-24-16(19)18-10/h4-7,9H,8H2,1-3H3,(H,17,20). The summed E-state index contributed by atoms with van der Waals surface area (Å²) in [6.07, 6.45) is 3.81. The highest BCUT2D eigenvalue weighted by molar-refractivity contribution is 7.15. The van der Waals surface area contributed by atoms with Crippen molar-refractivity contribution >= 4 is 22.2 Å². The van der Waals surface area contributed by atoms with Crippen molar-refractivity contribution in [2.45, 2.75) is 6.54 Å². The van der Waals surface area contributed by atoms with Crippen LogP contribution in [0.1, 0.15) is 16.1 Å². The maximum Gasteiger partial charge on any atom is 0.255 e. The summed E-state index contributed by atoms with van der Waals surface area (Å²) >= 11 is 1.54. The predicted octanol–water partition coefficient (Wildman–Crippen LogP) is 2.35. The second-order valence-electron chi connectivity index (χ2n) is 4.89. The summed E-state index contributed by atoms with van der Waals surface area (Å²) in [4.78, 5) is 17.8. The number of rotatable bonds is 6. The Hall–Kier alpha value is -2.74. The van der Waals surface area contributed by atoms with Crippen LogP contribution in [0.2, 0.25) is 0 Å². The van der Waals surface area contributed by atoms with Crippen LogP contribution in [-0.2, 0) is 6.54 Å². The van der Waals surface area contributed by atoms with Gasteiger partial charge in [-0.3, -0.25) is 9.20 Å². The smallest absolute Gasteiger partial charge is 0.255 e. The van der Waals surface area contributed by atoms with Gasteiger partial charge in [-0.25, -0.2) is 4.98 Å². The normalized spacial score (nSPS) is 10.6. The third-order valence-electron chi connectivity index (χ3n) is 3.52. The molecule has 0 unspecified atom stereocenters. The van der Waals surface area contributed by atoms with E-state index in [1.807, 2.05) is 22.2 Å². The van der Waals surface area contributed by atoms with E-state index < -0.39 is 0 Å². The summed E-state index contributed by atoms with van der Waals surface area (Å²) in [5, 5.41) is 4.80. The van der Waals surface area contributed by atoms with Crippen molar-refractivity contribution < 1.29 is 19.0 Å². The fourth-order valence-corrected chi connectivity index (χ4v) is 3.13. The van der Waals surface area contributed by atoms with Crippen molar-refractivity contribution in [2.75, 3.05) is 21.3 Å². The first-order valence-electron chi connectivity index (χ1n) is 7.16. The number of methoxy groups -OCH3 is 3. The minimum absolute atomic E-state index is 0.274. The highest BCUT2D eigenvalue weighted by Gasteiger charge is 2.20. The van der Waals surface area contributed by atoms with Crippen LogP contribution < -0.4 is 19.5 Å². The van der Waals surface area contributed by atoms with E-state index >= 15 is 0 Å². The van der Waals surface area contributed by atoms with E-state index in [-0.39, 0.29) is 5.91 Å². The second kappa shape index (κ2) is 6.79. The van der Waals surface area contributed by atoms with Crippen LogP contribution >= 0.6 is 11.3 Å². The van der Waals surface area contributed by atoms with Gasteiger partial charge in [0, 0.05) is 17.8 Å². The molecule has 126 valence electrons. The fraction of sp³-hybridized carbons (Fsp3) is 0.250. The van der Waals surface area contributed by atoms with Gasteiger partial charge in [0.15, 0.2) is 16.5 Å². The monoisotopic (exact) mass is 347 g/mol. The summed E-state index contributed by atoms with van der Waals surface area (Å²) in [5.41, 5.74) is 1.16. The number of hydrogen-bond acceptors (Lipinski definition) is 6. The summed E-state index contributed by atoms with van der Waals surface area (Å²) in [7, 11) is 4.51. The van der Waals surface area contributed by atoms with Crippen LogP contribution in [0.5, 0.6) is 17.2 Å². The van der Waals surface area contributed by atoms with E-state index in [4.69, 9.17) is 14.2 Å². The van der Waals surface area contributed by atoms with Crippen molar-refractivity contribution in [1.82, 2.24) is 14.7 Å². The van der Waals surface area contributed by atoms with E-state index in [2.05, 4.69) is 10.3 Å². The molecule has 3 rings (SSSR count). The van der Waals surface area contributed by atoms with Gasteiger partial charge in [-0.15, -0.1) is 11.3 Å². The number of thiazole rings is 1. The number of ether oxygens (including phenoxy) is 3. The van der Waals surface area contributed by atoms with Crippen LogP contribution in [0.4, 0.5) is 0 Å². The average Bonchev–Trinajstić information content (AvgIpc) is 3.19. The van der Waals surface area contributed by atoms with Crippen LogP contribution in [0, 0.1) is 0 Å². The molecular formula is C16H17N3O4S. The van der Waals surface area contributed by atoms with Gasteiger partial charge in [0.2, 0.25) is 5.75 Å². The molecule has 8 heteroatoms. The number of amides is 1. The van der Waals surface area contributed by atoms with E-state index in [0.717, 1.165) is 10.7 Å². The maximum atomic E-state index is 12.5. The van der Waals surface area contributed by atoms with Gasteiger partial charge < -0.3 is 19.5 Å². The van der Waals surface area contributed by atoms with Gasteiger partial charge in [0.1, 0.15) is 0 Å². The summed E-state index contributed by atoms with van der Waals surface area (Å²) in [5.74, 6) is 0.944. The number of aromatic nitrogens is 2. The molecule has 7 nitrogen and oxygen atoms in total. The van der Waals surface area contributed by atoms with E-state index in [1.165, 1.54) is 21.3 Å². The number of imidazole rings is 1. The third kappa shape index (κ3) is 2.88. The molecule has 0 bridgehead atoms. The quantitative estimate of drug-likeness (QED) is 0.741. The molecule has 2 aromatic heterocycles. The Balaban J connectivity index is 1.80. The van der Waals surface area contributed by atoms with Crippen molar-refractivity contribution in [3.05, 3.63) is 41.2 Å². The lowest BCUT2D eigenvalue weighted by molar-refractivity contribution is 0.0946. The number of benzene rings is 1. The predicted molar refractivity (Wildman–Crippen MR) is 90.3 cm³/mol. The first-order valence-corrected chi connectivity index (χ1v) is 8.04. The van der Waals surface area contributed by atoms with Crippen LogP contribution in [0.15, 0.2) is 29.9 Å². The molecule has 0 spiro atoms. The molecule has 1 N–H and O–H groups in total. The SMILES string of the molecule is COc1ccc(C(=O)NCc2cn3ccsc3n2)c(OC)c1OC. The van der Waals surface area contributed by atoms with Gasteiger partial charge in [0.25, 0.3) is 5.91 Å². The van der Waals surface area contributed by atoms with Gasteiger partial charge in [0.05, 0.1) is 39.1 Å². The van der Waals surface area contributed by atoms with Crippen molar-refractivity contribution in [3.8, 4) is 17.2 Å². The molecular weight excluding hydrogens is 330 g/mol. The van der Waals surface area contributed by atoms with E-state index in [0.29, 0.717) is 29.4 Å². The summed E-state index contributed by atoms with van der Waals surface area (Å²) < 4.78 is 17.8. The molecule has 0 atom stereocenters. The molecule has 24 heavy (non-hydrogen) atoms. The Kier molecular flexibility index (Phi) is 4.57. The van der Waals surface area contributed by atoms with Crippen molar-refractivity contribution in [2.24, 2.45) is 0 Å². The largest absolute Gasteiger partial charge is 0.493 e. The molecule has 0 aliphatic heterocycles. The Morgan fingerprint density at radius 3 is 2.67 bits per heavy atom. The molecule has 0 aliphatic carbocycles. The number of carbonyl (C=O) groups excluding carboxylic acids is 1. The number of nitrogens with zero attached hydrogens (tertiary/aromatic N) is 2. The highest BCUT2D eigenvalue weighted by Crippen LogP contribution is 2.39. The number of nitrogens with one attached hydrogen (secondary N) is 1. The van der Waals surface area contributed by atoms with Gasteiger partial charge in [-0.1, -0.05) is 0 Å². The number of carbonyl (C=O) groups is 1.